The molecular weight excluding hydrogens is 228 g/mol. The smallest absolute Gasteiger partial charge is 0.0910 e. The maximum atomic E-state index is 10.4. The number of aryl methyl sites for hydroxylation is 1. The molecule has 1 aromatic heterocycles. The van der Waals surface area contributed by atoms with Gasteiger partial charge in [0.25, 0.3) is 0 Å². The minimum absolute atomic E-state index is 0.221. The van der Waals surface area contributed by atoms with E-state index < -0.39 is 0 Å². The number of thiophene rings is 1. The lowest BCUT2D eigenvalue weighted by Gasteiger charge is -2.33. The Labute approximate surface area is 109 Å². The summed E-state index contributed by atoms with van der Waals surface area (Å²) < 4.78 is 0. The van der Waals surface area contributed by atoms with Gasteiger partial charge in [0.05, 0.1) is 6.10 Å². The average Bonchev–Trinajstić information content (AvgIpc) is 2.75. The van der Waals surface area contributed by atoms with Gasteiger partial charge in [-0.25, -0.2) is 0 Å². The van der Waals surface area contributed by atoms with Gasteiger partial charge in [0.2, 0.25) is 0 Å². The summed E-state index contributed by atoms with van der Waals surface area (Å²) in [5, 5.41) is 10.4. The Balaban J connectivity index is 1.92. The number of hydrogen-bond donors (Lipinski definition) is 1. The summed E-state index contributed by atoms with van der Waals surface area (Å²) >= 11 is 1.75. The molecule has 1 heterocycles. The first-order valence-corrected chi connectivity index (χ1v) is 7.64. The summed E-state index contributed by atoms with van der Waals surface area (Å²) in [6.45, 7) is 6.75. The predicted molar refractivity (Wildman–Crippen MR) is 74.3 cm³/mol. The van der Waals surface area contributed by atoms with Gasteiger partial charge in [-0.05, 0) is 62.5 Å². The van der Waals surface area contributed by atoms with Crippen molar-refractivity contribution in [3.05, 3.63) is 21.9 Å². The van der Waals surface area contributed by atoms with E-state index in [1.165, 1.54) is 30.6 Å². The van der Waals surface area contributed by atoms with Gasteiger partial charge in [-0.1, -0.05) is 13.8 Å². The van der Waals surface area contributed by atoms with E-state index in [0.29, 0.717) is 5.92 Å². The monoisotopic (exact) mass is 252 g/mol. The molecule has 1 unspecified atom stereocenters. The molecule has 0 spiro atoms. The van der Waals surface area contributed by atoms with Crippen LogP contribution in [0.5, 0.6) is 0 Å². The van der Waals surface area contributed by atoms with E-state index in [2.05, 4.69) is 32.9 Å². The highest BCUT2D eigenvalue weighted by atomic mass is 32.1. The molecule has 0 aliphatic heterocycles. The fourth-order valence-corrected chi connectivity index (χ4v) is 3.93. The summed E-state index contributed by atoms with van der Waals surface area (Å²) in [6, 6.07) is 4.21. The minimum atomic E-state index is -0.221. The van der Waals surface area contributed by atoms with E-state index in [-0.39, 0.29) is 6.10 Å². The van der Waals surface area contributed by atoms with Crippen LogP contribution in [0.25, 0.3) is 0 Å². The first kappa shape index (κ1) is 13.1. The van der Waals surface area contributed by atoms with Crippen LogP contribution in [-0.2, 0) is 0 Å². The Bertz CT molecular complexity index is 348. The Hall–Kier alpha value is -0.340. The van der Waals surface area contributed by atoms with E-state index in [1.807, 2.05) is 0 Å². The van der Waals surface area contributed by atoms with Crippen LogP contribution in [-0.4, -0.2) is 5.11 Å². The van der Waals surface area contributed by atoms with Gasteiger partial charge in [0.15, 0.2) is 0 Å². The second-order valence-corrected chi connectivity index (χ2v) is 7.13. The Morgan fingerprint density at radius 1 is 1.12 bits per heavy atom. The number of rotatable bonds is 3. The van der Waals surface area contributed by atoms with Gasteiger partial charge in [-0.2, -0.15) is 0 Å². The Kier molecular flexibility index (Phi) is 4.26. The van der Waals surface area contributed by atoms with Crippen LogP contribution >= 0.6 is 11.3 Å². The lowest BCUT2D eigenvalue weighted by molar-refractivity contribution is 0.0694. The van der Waals surface area contributed by atoms with Crippen molar-refractivity contribution in [3.8, 4) is 0 Å². The van der Waals surface area contributed by atoms with E-state index in [0.717, 1.165) is 16.7 Å². The van der Waals surface area contributed by atoms with Gasteiger partial charge in [-0.15, -0.1) is 11.3 Å². The lowest BCUT2D eigenvalue weighted by Crippen LogP contribution is -2.22. The number of aliphatic hydroxyl groups is 1. The molecule has 1 fully saturated rings. The highest BCUT2D eigenvalue weighted by molar-refractivity contribution is 7.12. The van der Waals surface area contributed by atoms with E-state index >= 15 is 0 Å². The zero-order valence-electron chi connectivity index (χ0n) is 11.1. The highest BCUT2D eigenvalue weighted by Crippen LogP contribution is 2.40. The largest absolute Gasteiger partial charge is 0.387 e. The summed E-state index contributed by atoms with van der Waals surface area (Å²) in [4.78, 5) is 2.46. The molecule has 2 heteroatoms. The van der Waals surface area contributed by atoms with Crippen molar-refractivity contribution >= 4 is 11.3 Å². The standard InChI is InChI=1S/C15H24OS/c1-10(2)12-5-7-13(8-6-12)15(16)14-9-4-11(3)17-14/h4,9-10,12-13,15-16H,5-8H2,1-3H3. The first-order chi connectivity index (χ1) is 8.08. The van der Waals surface area contributed by atoms with Crippen molar-refractivity contribution in [2.75, 3.05) is 0 Å². The van der Waals surface area contributed by atoms with Crippen molar-refractivity contribution < 1.29 is 5.11 Å². The van der Waals surface area contributed by atoms with Crippen LogP contribution in [0, 0.1) is 24.7 Å². The third kappa shape index (κ3) is 3.11. The number of aliphatic hydroxyl groups excluding tert-OH is 1. The van der Waals surface area contributed by atoms with Gasteiger partial charge in [0, 0.05) is 9.75 Å². The summed E-state index contributed by atoms with van der Waals surface area (Å²) in [7, 11) is 0. The average molecular weight is 252 g/mol. The summed E-state index contributed by atoms with van der Waals surface area (Å²) in [5.41, 5.74) is 0. The molecule has 0 radical (unpaired) electrons. The summed E-state index contributed by atoms with van der Waals surface area (Å²) in [5.74, 6) is 2.17. The van der Waals surface area contributed by atoms with Gasteiger partial charge in [0.1, 0.15) is 0 Å². The van der Waals surface area contributed by atoms with Crippen molar-refractivity contribution in [1.29, 1.82) is 0 Å². The van der Waals surface area contributed by atoms with E-state index in [9.17, 15) is 5.11 Å². The number of hydrogen-bond acceptors (Lipinski definition) is 2. The Morgan fingerprint density at radius 3 is 2.18 bits per heavy atom. The minimum Gasteiger partial charge on any atom is -0.387 e. The molecule has 17 heavy (non-hydrogen) atoms. The maximum Gasteiger partial charge on any atom is 0.0910 e. The molecule has 96 valence electrons. The fraction of sp³-hybridized carbons (Fsp3) is 0.733. The summed E-state index contributed by atoms with van der Waals surface area (Å²) in [6.07, 6.45) is 4.76. The van der Waals surface area contributed by atoms with E-state index in [4.69, 9.17) is 0 Å². The van der Waals surface area contributed by atoms with E-state index in [1.54, 1.807) is 11.3 Å². The van der Waals surface area contributed by atoms with Gasteiger partial charge >= 0.3 is 0 Å². The SMILES string of the molecule is Cc1ccc(C(O)C2CCC(C(C)C)CC2)s1. The molecule has 0 amide bonds. The molecule has 0 aromatic carbocycles. The maximum absolute atomic E-state index is 10.4. The lowest BCUT2D eigenvalue weighted by atomic mass is 9.75. The van der Waals surface area contributed by atoms with Crippen LogP contribution in [0.15, 0.2) is 12.1 Å². The zero-order valence-corrected chi connectivity index (χ0v) is 12.0. The van der Waals surface area contributed by atoms with Crippen molar-refractivity contribution in [1.82, 2.24) is 0 Å². The molecule has 1 aliphatic carbocycles. The van der Waals surface area contributed by atoms with Crippen LogP contribution in [0.3, 0.4) is 0 Å². The van der Waals surface area contributed by atoms with Crippen LogP contribution in [0.4, 0.5) is 0 Å². The van der Waals surface area contributed by atoms with Crippen molar-refractivity contribution in [2.24, 2.45) is 17.8 Å². The first-order valence-electron chi connectivity index (χ1n) is 6.82. The fourth-order valence-electron chi connectivity index (χ4n) is 2.97. The van der Waals surface area contributed by atoms with Crippen LogP contribution in [0.1, 0.15) is 55.4 Å². The van der Waals surface area contributed by atoms with Crippen molar-refractivity contribution in [2.45, 2.75) is 52.6 Å². The van der Waals surface area contributed by atoms with Crippen LogP contribution in [0.2, 0.25) is 0 Å². The van der Waals surface area contributed by atoms with Crippen molar-refractivity contribution in [3.63, 3.8) is 0 Å². The molecule has 1 N–H and O–H groups in total. The highest BCUT2D eigenvalue weighted by Gasteiger charge is 2.28. The van der Waals surface area contributed by atoms with Gasteiger partial charge < -0.3 is 5.11 Å². The molecular formula is C15H24OS. The molecule has 0 bridgehead atoms. The van der Waals surface area contributed by atoms with Crippen LogP contribution < -0.4 is 0 Å². The topological polar surface area (TPSA) is 20.2 Å². The molecule has 1 saturated carbocycles. The second-order valence-electron chi connectivity index (χ2n) is 5.81. The molecule has 1 nitrogen and oxygen atoms in total. The third-order valence-corrected chi connectivity index (χ3v) is 5.33. The second kappa shape index (κ2) is 5.53. The normalized spacial score (nSPS) is 27.4. The third-order valence-electron chi connectivity index (χ3n) is 4.26. The molecule has 1 aliphatic rings. The van der Waals surface area contributed by atoms with Gasteiger partial charge in [-0.3, -0.25) is 0 Å². The quantitative estimate of drug-likeness (QED) is 0.836. The predicted octanol–water partition coefficient (Wildman–Crippen LogP) is 4.55. The Morgan fingerprint density at radius 2 is 1.71 bits per heavy atom. The molecule has 1 atom stereocenters. The molecule has 2 rings (SSSR count). The zero-order chi connectivity index (χ0) is 12.4. The molecule has 1 aromatic rings. The molecule has 0 saturated heterocycles.